The summed E-state index contributed by atoms with van der Waals surface area (Å²) in [5, 5.41) is 3.35. The highest BCUT2D eigenvalue weighted by Crippen LogP contribution is 2.29. The van der Waals surface area contributed by atoms with Gasteiger partial charge in [-0.2, -0.15) is 18.2 Å². The molecule has 0 bridgehead atoms. The Morgan fingerprint density at radius 3 is 2.42 bits per heavy atom. The summed E-state index contributed by atoms with van der Waals surface area (Å²) in [5.74, 6) is -1.67. The maximum absolute atomic E-state index is 12.5. The van der Waals surface area contributed by atoms with Gasteiger partial charge in [-0.15, -0.1) is 0 Å². The van der Waals surface area contributed by atoms with Crippen LogP contribution in [-0.4, -0.2) is 41.2 Å². The van der Waals surface area contributed by atoms with Gasteiger partial charge in [-0.3, -0.25) is 4.79 Å². The largest absolute Gasteiger partial charge is 0.471 e. The smallest absolute Gasteiger partial charge is 0.383 e. The molecule has 0 atom stereocenters. The number of benzene rings is 1. The van der Waals surface area contributed by atoms with E-state index in [9.17, 15) is 18.0 Å². The molecule has 0 N–H and O–H groups in total. The minimum Gasteiger partial charge on any atom is -0.383 e. The van der Waals surface area contributed by atoms with Crippen LogP contribution in [0.2, 0.25) is 0 Å². The van der Waals surface area contributed by atoms with E-state index in [2.05, 4.69) is 14.7 Å². The van der Waals surface area contributed by atoms with Crippen molar-refractivity contribution in [3.05, 3.63) is 35.7 Å². The molecule has 0 radical (unpaired) electrons. The molecule has 6 nitrogen and oxygen atoms in total. The molecular weight excluding hydrogens is 351 g/mol. The van der Waals surface area contributed by atoms with Crippen molar-refractivity contribution in [2.45, 2.75) is 26.6 Å². The summed E-state index contributed by atoms with van der Waals surface area (Å²) in [4.78, 5) is 17.3. The summed E-state index contributed by atoms with van der Waals surface area (Å²) in [6, 6.07) is 6.61. The summed E-state index contributed by atoms with van der Waals surface area (Å²) in [6.07, 6.45) is -4.68. The molecule has 1 heterocycles. The first-order valence-corrected chi connectivity index (χ1v) is 8.00. The van der Waals surface area contributed by atoms with Crippen LogP contribution in [0.1, 0.15) is 25.3 Å². The van der Waals surface area contributed by atoms with Crippen molar-refractivity contribution < 1.29 is 27.2 Å². The third-order valence-corrected chi connectivity index (χ3v) is 3.63. The van der Waals surface area contributed by atoms with Crippen molar-refractivity contribution in [3.63, 3.8) is 0 Å². The number of rotatable bonds is 7. The number of carbonyl (C=O) groups is 1. The van der Waals surface area contributed by atoms with E-state index in [0.717, 1.165) is 5.56 Å². The SMILES string of the molecule is COCCN(Cc1ccc(-c2noc(C(F)(F)F)n2)cc1)C(=O)C(C)C. The molecule has 142 valence electrons. The van der Waals surface area contributed by atoms with Gasteiger partial charge in [-0.05, 0) is 5.56 Å². The summed E-state index contributed by atoms with van der Waals surface area (Å²) >= 11 is 0. The zero-order valence-corrected chi connectivity index (χ0v) is 14.7. The zero-order chi connectivity index (χ0) is 19.3. The lowest BCUT2D eigenvalue weighted by atomic mass is 10.1. The highest BCUT2D eigenvalue weighted by Gasteiger charge is 2.38. The van der Waals surface area contributed by atoms with Gasteiger partial charge < -0.3 is 14.2 Å². The van der Waals surface area contributed by atoms with Crippen molar-refractivity contribution in [1.82, 2.24) is 15.0 Å². The molecule has 0 saturated heterocycles. The van der Waals surface area contributed by atoms with Crippen molar-refractivity contribution in [2.24, 2.45) is 5.92 Å². The number of alkyl halides is 3. The average Bonchev–Trinajstić information content (AvgIpc) is 3.09. The Kier molecular flexibility index (Phi) is 6.36. The van der Waals surface area contributed by atoms with Gasteiger partial charge in [0.05, 0.1) is 6.61 Å². The topological polar surface area (TPSA) is 68.5 Å². The van der Waals surface area contributed by atoms with E-state index >= 15 is 0 Å². The van der Waals surface area contributed by atoms with E-state index in [4.69, 9.17) is 4.74 Å². The lowest BCUT2D eigenvalue weighted by Gasteiger charge is -2.24. The molecule has 0 spiro atoms. The fraction of sp³-hybridized carbons (Fsp3) is 0.471. The van der Waals surface area contributed by atoms with Crippen molar-refractivity contribution in [2.75, 3.05) is 20.3 Å². The number of amides is 1. The van der Waals surface area contributed by atoms with Gasteiger partial charge in [0.25, 0.3) is 0 Å². The Morgan fingerprint density at radius 2 is 1.92 bits per heavy atom. The maximum Gasteiger partial charge on any atom is 0.471 e. The van der Waals surface area contributed by atoms with Crippen molar-refractivity contribution >= 4 is 5.91 Å². The number of hydrogen-bond acceptors (Lipinski definition) is 5. The van der Waals surface area contributed by atoms with E-state index in [1.54, 1.807) is 36.3 Å². The molecule has 26 heavy (non-hydrogen) atoms. The van der Waals surface area contributed by atoms with Crippen LogP contribution in [0.5, 0.6) is 0 Å². The van der Waals surface area contributed by atoms with Crippen LogP contribution in [0, 0.1) is 5.92 Å². The standard InChI is InChI=1S/C17H20F3N3O3/c1-11(2)15(24)23(8-9-25-3)10-12-4-6-13(7-5-12)14-21-16(26-22-14)17(18,19)20/h4-7,11H,8-10H2,1-3H3. The first kappa shape index (κ1) is 19.9. The quantitative estimate of drug-likeness (QED) is 0.746. The van der Waals surface area contributed by atoms with Crippen LogP contribution in [-0.2, 0) is 22.3 Å². The number of carbonyl (C=O) groups excluding carboxylic acids is 1. The molecule has 1 aromatic heterocycles. The molecule has 9 heteroatoms. The number of hydrogen-bond donors (Lipinski definition) is 0. The molecule has 0 saturated carbocycles. The molecule has 2 rings (SSSR count). The minimum atomic E-state index is -4.68. The number of methoxy groups -OCH3 is 1. The van der Waals surface area contributed by atoms with Crippen molar-refractivity contribution in [1.29, 1.82) is 0 Å². The van der Waals surface area contributed by atoms with Gasteiger partial charge in [0.15, 0.2) is 0 Å². The molecular formula is C17H20F3N3O3. The first-order chi connectivity index (χ1) is 12.2. The third-order valence-electron chi connectivity index (χ3n) is 3.63. The molecule has 0 aliphatic heterocycles. The summed E-state index contributed by atoms with van der Waals surface area (Å²) in [6.45, 7) is 4.88. The Hall–Kier alpha value is -2.42. The van der Waals surface area contributed by atoms with Crippen LogP contribution >= 0.6 is 0 Å². The zero-order valence-electron chi connectivity index (χ0n) is 14.7. The van der Waals surface area contributed by atoms with Gasteiger partial charge >= 0.3 is 12.1 Å². The van der Waals surface area contributed by atoms with Gasteiger partial charge in [0.1, 0.15) is 0 Å². The minimum absolute atomic E-state index is 0.000821. The summed E-state index contributed by atoms with van der Waals surface area (Å²) in [7, 11) is 1.56. The normalized spacial score (nSPS) is 11.8. The Balaban J connectivity index is 2.12. The number of halogens is 3. The van der Waals surface area contributed by atoms with Crippen LogP contribution in [0.25, 0.3) is 11.4 Å². The van der Waals surface area contributed by atoms with Gasteiger partial charge in [0.2, 0.25) is 11.7 Å². The van der Waals surface area contributed by atoms with Crippen LogP contribution in [0.4, 0.5) is 13.2 Å². The number of nitrogens with zero attached hydrogens (tertiary/aromatic N) is 3. The molecule has 0 fully saturated rings. The van der Waals surface area contributed by atoms with Crippen LogP contribution in [0.15, 0.2) is 28.8 Å². The lowest BCUT2D eigenvalue weighted by molar-refractivity contribution is -0.159. The fourth-order valence-electron chi connectivity index (χ4n) is 2.27. The summed E-state index contributed by atoms with van der Waals surface area (Å²) in [5.41, 5.74) is 1.23. The Labute approximate surface area is 148 Å². The molecule has 0 aliphatic rings. The molecule has 1 aromatic carbocycles. The Morgan fingerprint density at radius 1 is 1.27 bits per heavy atom. The Bertz CT molecular complexity index is 727. The first-order valence-electron chi connectivity index (χ1n) is 8.00. The predicted molar refractivity (Wildman–Crippen MR) is 86.9 cm³/mol. The van der Waals surface area contributed by atoms with Gasteiger partial charge in [0, 0.05) is 31.7 Å². The van der Waals surface area contributed by atoms with Crippen LogP contribution in [0.3, 0.4) is 0 Å². The second-order valence-corrected chi connectivity index (χ2v) is 6.03. The van der Waals surface area contributed by atoms with E-state index in [1.807, 2.05) is 13.8 Å². The highest BCUT2D eigenvalue weighted by atomic mass is 19.4. The lowest BCUT2D eigenvalue weighted by Crippen LogP contribution is -2.36. The predicted octanol–water partition coefficient (Wildman–Crippen LogP) is 3.39. The second kappa shape index (κ2) is 8.31. The molecule has 0 aliphatic carbocycles. The maximum atomic E-state index is 12.5. The van der Waals surface area contributed by atoms with E-state index in [0.29, 0.717) is 25.3 Å². The monoisotopic (exact) mass is 371 g/mol. The van der Waals surface area contributed by atoms with E-state index in [1.165, 1.54) is 0 Å². The molecule has 2 aromatic rings. The average molecular weight is 371 g/mol. The van der Waals surface area contributed by atoms with Crippen LogP contribution < -0.4 is 0 Å². The molecule has 0 unspecified atom stereocenters. The fourth-order valence-corrected chi connectivity index (χ4v) is 2.27. The van der Waals surface area contributed by atoms with E-state index in [-0.39, 0.29) is 17.6 Å². The van der Waals surface area contributed by atoms with Gasteiger partial charge in [-0.25, -0.2) is 0 Å². The summed E-state index contributed by atoms with van der Waals surface area (Å²) < 4.78 is 46.8. The van der Waals surface area contributed by atoms with Gasteiger partial charge in [-0.1, -0.05) is 43.3 Å². The second-order valence-electron chi connectivity index (χ2n) is 6.03. The number of aromatic nitrogens is 2. The molecule has 1 amide bonds. The van der Waals surface area contributed by atoms with Crippen molar-refractivity contribution in [3.8, 4) is 11.4 Å². The highest BCUT2D eigenvalue weighted by molar-refractivity contribution is 5.78. The third kappa shape index (κ3) is 5.04. The number of ether oxygens (including phenoxy) is 1. The van der Waals surface area contributed by atoms with E-state index < -0.39 is 12.1 Å².